The van der Waals surface area contributed by atoms with Crippen molar-refractivity contribution in [2.75, 3.05) is 7.11 Å². The second-order valence-corrected chi connectivity index (χ2v) is 3.16. The predicted molar refractivity (Wildman–Crippen MR) is 45.2 cm³/mol. The lowest BCUT2D eigenvalue weighted by Crippen LogP contribution is -2.09. The highest BCUT2D eigenvalue weighted by atomic mass is 16.5. The van der Waals surface area contributed by atoms with E-state index in [2.05, 4.69) is 10.2 Å². The molecule has 3 nitrogen and oxygen atoms in total. The lowest BCUT2D eigenvalue weighted by molar-refractivity contribution is 0.382. The first-order valence-corrected chi connectivity index (χ1v) is 4.27. The van der Waals surface area contributed by atoms with Crippen LogP contribution in [0.4, 0.5) is 0 Å². The first-order valence-electron chi connectivity index (χ1n) is 4.27. The van der Waals surface area contributed by atoms with Crippen molar-refractivity contribution in [2.24, 2.45) is 0 Å². The van der Waals surface area contributed by atoms with Gasteiger partial charge in [-0.3, -0.25) is 0 Å². The number of hydrogen-bond donors (Lipinski definition) is 0. The topological polar surface area (TPSA) is 35.0 Å². The normalized spacial score (nSPS) is 17.1. The van der Waals surface area contributed by atoms with Crippen LogP contribution in [0.3, 0.4) is 0 Å². The summed E-state index contributed by atoms with van der Waals surface area (Å²) in [6.07, 6.45) is 5.76. The molecule has 0 bridgehead atoms. The van der Waals surface area contributed by atoms with Crippen molar-refractivity contribution in [3.05, 3.63) is 17.8 Å². The van der Waals surface area contributed by atoms with E-state index in [-0.39, 0.29) is 0 Å². The monoisotopic (exact) mass is 164 g/mol. The van der Waals surface area contributed by atoms with E-state index in [1.165, 1.54) is 24.8 Å². The summed E-state index contributed by atoms with van der Waals surface area (Å²) in [4.78, 5) is 0. The summed E-state index contributed by atoms with van der Waals surface area (Å²) in [7, 11) is 1.62. The minimum Gasteiger partial charge on any atom is -0.480 e. The van der Waals surface area contributed by atoms with Crippen molar-refractivity contribution < 1.29 is 4.74 Å². The zero-order valence-corrected chi connectivity index (χ0v) is 7.16. The van der Waals surface area contributed by atoms with Crippen LogP contribution in [-0.2, 0) is 0 Å². The molecule has 1 saturated carbocycles. The zero-order chi connectivity index (χ0) is 8.39. The fourth-order valence-corrected chi connectivity index (χ4v) is 1.43. The van der Waals surface area contributed by atoms with E-state index < -0.39 is 0 Å². The molecule has 0 saturated heterocycles. The smallest absolute Gasteiger partial charge is 0.233 e. The lowest BCUT2D eigenvalue weighted by atomic mass is 9.81. The summed E-state index contributed by atoms with van der Waals surface area (Å²) < 4.78 is 5.00. The summed E-state index contributed by atoms with van der Waals surface area (Å²) in [5, 5.41) is 7.71. The summed E-state index contributed by atoms with van der Waals surface area (Å²) in [5.74, 6) is 1.33. The highest BCUT2D eigenvalue weighted by Crippen LogP contribution is 2.36. The minimum absolute atomic E-state index is 0.624. The molecule has 0 aliphatic heterocycles. The molecular formula is C9H12N2O. The van der Waals surface area contributed by atoms with Crippen LogP contribution in [0.15, 0.2) is 12.3 Å². The van der Waals surface area contributed by atoms with Gasteiger partial charge in [-0.2, -0.15) is 5.10 Å². The third-order valence-electron chi connectivity index (χ3n) is 2.44. The zero-order valence-electron chi connectivity index (χ0n) is 7.16. The molecule has 1 heterocycles. The van der Waals surface area contributed by atoms with Crippen LogP contribution in [0, 0.1) is 0 Å². The number of methoxy groups -OCH3 is 1. The van der Waals surface area contributed by atoms with Gasteiger partial charge in [-0.1, -0.05) is 6.42 Å². The van der Waals surface area contributed by atoms with Crippen molar-refractivity contribution in [3.63, 3.8) is 0 Å². The van der Waals surface area contributed by atoms with Crippen LogP contribution in [0.25, 0.3) is 0 Å². The molecule has 12 heavy (non-hydrogen) atoms. The minimum atomic E-state index is 0.624. The van der Waals surface area contributed by atoms with E-state index in [0.29, 0.717) is 11.8 Å². The molecule has 1 aromatic rings. The highest BCUT2D eigenvalue weighted by molar-refractivity contribution is 5.22. The van der Waals surface area contributed by atoms with E-state index in [1.54, 1.807) is 7.11 Å². The number of rotatable bonds is 2. The Kier molecular flexibility index (Phi) is 1.94. The molecule has 0 spiro atoms. The van der Waals surface area contributed by atoms with Crippen LogP contribution >= 0.6 is 0 Å². The van der Waals surface area contributed by atoms with Crippen molar-refractivity contribution in [2.45, 2.75) is 25.2 Å². The summed E-state index contributed by atoms with van der Waals surface area (Å²) in [6.45, 7) is 0. The maximum atomic E-state index is 5.00. The standard InChI is InChI=1S/C9H12N2O/c1-12-9-5-8(6-10-11-9)7-3-2-4-7/h5-7H,2-4H2,1H3. The van der Waals surface area contributed by atoms with Gasteiger partial charge in [-0.15, -0.1) is 5.10 Å². The molecule has 0 unspecified atom stereocenters. The number of ether oxygens (including phenoxy) is 1. The van der Waals surface area contributed by atoms with Crippen LogP contribution in [0.5, 0.6) is 5.88 Å². The van der Waals surface area contributed by atoms with Gasteiger partial charge < -0.3 is 4.74 Å². The molecule has 2 rings (SSSR count). The summed E-state index contributed by atoms with van der Waals surface area (Å²) in [6, 6.07) is 1.98. The number of hydrogen-bond acceptors (Lipinski definition) is 3. The Hall–Kier alpha value is -1.12. The molecule has 0 aromatic carbocycles. The van der Waals surface area contributed by atoms with E-state index >= 15 is 0 Å². The Bertz CT molecular complexity index is 271. The third-order valence-corrected chi connectivity index (χ3v) is 2.44. The molecule has 3 heteroatoms. The van der Waals surface area contributed by atoms with Gasteiger partial charge >= 0.3 is 0 Å². The molecule has 1 aliphatic rings. The van der Waals surface area contributed by atoms with Crippen LogP contribution < -0.4 is 4.74 Å². The Morgan fingerprint density at radius 2 is 2.33 bits per heavy atom. The average Bonchev–Trinajstić information content (AvgIpc) is 2.02. The quantitative estimate of drug-likeness (QED) is 0.668. The first-order chi connectivity index (χ1) is 5.90. The van der Waals surface area contributed by atoms with E-state index in [1.807, 2.05) is 12.3 Å². The number of nitrogens with zero attached hydrogens (tertiary/aromatic N) is 2. The Labute approximate surface area is 71.8 Å². The Balaban J connectivity index is 2.19. The summed E-state index contributed by atoms with van der Waals surface area (Å²) in [5.41, 5.74) is 1.27. The second kappa shape index (κ2) is 3.09. The average molecular weight is 164 g/mol. The van der Waals surface area contributed by atoms with Crippen molar-refractivity contribution >= 4 is 0 Å². The van der Waals surface area contributed by atoms with Gasteiger partial charge in [0.05, 0.1) is 13.3 Å². The Morgan fingerprint density at radius 1 is 1.50 bits per heavy atom. The molecule has 64 valence electrons. The second-order valence-electron chi connectivity index (χ2n) is 3.16. The fraction of sp³-hybridized carbons (Fsp3) is 0.556. The predicted octanol–water partition coefficient (Wildman–Crippen LogP) is 1.75. The molecule has 1 fully saturated rings. The molecule has 0 atom stereocenters. The third kappa shape index (κ3) is 1.26. The van der Waals surface area contributed by atoms with Gasteiger partial charge in [0.25, 0.3) is 0 Å². The maximum absolute atomic E-state index is 5.00. The molecule has 1 aromatic heterocycles. The van der Waals surface area contributed by atoms with E-state index in [0.717, 1.165) is 0 Å². The summed E-state index contributed by atoms with van der Waals surface area (Å²) >= 11 is 0. The van der Waals surface area contributed by atoms with Gasteiger partial charge in [0, 0.05) is 6.07 Å². The van der Waals surface area contributed by atoms with Gasteiger partial charge in [0.2, 0.25) is 5.88 Å². The van der Waals surface area contributed by atoms with Gasteiger partial charge in [-0.05, 0) is 24.3 Å². The largest absolute Gasteiger partial charge is 0.480 e. The van der Waals surface area contributed by atoms with Crippen LogP contribution in [0.1, 0.15) is 30.7 Å². The van der Waals surface area contributed by atoms with Gasteiger partial charge in [-0.25, -0.2) is 0 Å². The van der Waals surface area contributed by atoms with Crippen molar-refractivity contribution in [1.29, 1.82) is 0 Å². The van der Waals surface area contributed by atoms with Crippen LogP contribution in [0.2, 0.25) is 0 Å². The molecular weight excluding hydrogens is 152 g/mol. The fourth-order valence-electron chi connectivity index (χ4n) is 1.43. The molecule has 0 radical (unpaired) electrons. The lowest BCUT2D eigenvalue weighted by Gasteiger charge is -2.25. The first kappa shape index (κ1) is 7.53. The number of aromatic nitrogens is 2. The van der Waals surface area contributed by atoms with Crippen molar-refractivity contribution in [3.8, 4) is 5.88 Å². The van der Waals surface area contributed by atoms with Crippen LogP contribution in [-0.4, -0.2) is 17.3 Å². The van der Waals surface area contributed by atoms with Crippen molar-refractivity contribution in [1.82, 2.24) is 10.2 Å². The van der Waals surface area contributed by atoms with Gasteiger partial charge in [0.15, 0.2) is 0 Å². The van der Waals surface area contributed by atoms with Gasteiger partial charge in [0.1, 0.15) is 0 Å². The maximum Gasteiger partial charge on any atom is 0.233 e. The Morgan fingerprint density at radius 3 is 2.92 bits per heavy atom. The van der Waals surface area contributed by atoms with E-state index in [4.69, 9.17) is 4.74 Å². The SMILES string of the molecule is COc1cc(C2CCC2)cnn1. The highest BCUT2D eigenvalue weighted by Gasteiger charge is 2.20. The molecule has 0 amide bonds. The molecule has 1 aliphatic carbocycles. The molecule has 0 N–H and O–H groups in total. The van der Waals surface area contributed by atoms with E-state index in [9.17, 15) is 0 Å².